The van der Waals surface area contributed by atoms with Crippen molar-refractivity contribution in [2.75, 3.05) is 14.2 Å². The Morgan fingerprint density at radius 2 is 1.50 bits per heavy atom. The van der Waals surface area contributed by atoms with Crippen LogP contribution in [0.25, 0.3) is 0 Å². The molecule has 0 radical (unpaired) electrons. The molecule has 0 spiro atoms. The van der Waals surface area contributed by atoms with Crippen molar-refractivity contribution in [1.29, 1.82) is 0 Å². The minimum absolute atomic E-state index is 0. The van der Waals surface area contributed by atoms with Gasteiger partial charge in [0, 0.05) is 14.2 Å². The first-order chi connectivity index (χ1) is 1.41. The van der Waals surface area contributed by atoms with Gasteiger partial charge in [0.15, 0.2) is 0 Å². The number of rotatable bonds is 0. The molecule has 0 fully saturated rings. The van der Waals surface area contributed by atoms with Gasteiger partial charge in [-0.2, -0.15) is 0 Å². The molecule has 0 saturated carbocycles. The van der Waals surface area contributed by atoms with Crippen molar-refractivity contribution < 1.29 is 35.7 Å². The molecule has 0 saturated heterocycles. The normalized spacial score (nSPS) is 4.50. The average molecular weight is 70.1 g/mol. The second-order valence-corrected chi connectivity index (χ2v) is 0.408. The maximum Gasteiger partial charge on any atom is 1.00 e. The maximum atomic E-state index is 4.25. The molecule has 0 aromatic heterocycles. The largest absolute Gasteiger partial charge is 1.00 e. The molecule has 0 aliphatic heterocycles. The topological polar surface area (TPSA) is 9.23 Å². The fourth-order valence-electron chi connectivity index (χ4n) is 0. The summed E-state index contributed by atoms with van der Waals surface area (Å²) >= 11 is 0. The van der Waals surface area contributed by atoms with Crippen LogP contribution in [0.4, 0.5) is 0 Å². The van der Waals surface area contributed by atoms with Gasteiger partial charge >= 0.3 is 29.6 Å². The standard InChI is InChI=1S/C2H6O.Na.H/c1-3-2;;/h1-2H3;;/q;+1;-1. The third kappa shape index (κ3) is 12.3. The van der Waals surface area contributed by atoms with Crippen LogP contribution in [-0.2, 0) is 4.74 Å². The van der Waals surface area contributed by atoms with Gasteiger partial charge in [0.25, 0.3) is 0 Å². The van der Waals surface area contributed by atoms with E-state index in [4.69, 9.17) is 0 Å². The number of ether oxygens (including phenoxy) is 1. The Morgan fingerprint density at radius 1 is 1.50 bits per heavy atom. The Kier molecular flexibility index (Phi) is 20.0. The average Bonchev–Trinajstić information content (AvgIpc) is 0.918. The number of hydrogen-bond donors (Lipinski definition) is 0. The van der Waals surface area contributed by atoms with Crippen LogP contribution in [0.15, 0.2) is 0 Å². The van der Waals surface area contributed by atoms with Gasteiger partial charge in [-0.1, -0.05) is 0 Å². The Balaban J connectivity index is -0.0000000200. The molecule has 4 heavy (non-hydrogen) atoms. The van der Waals surface area contributed by atoms with E-state index in [2.05, 4.69) is 4.74 Å². The molecule has 22 valence electrons. The predicted molar refractivity (Wildman–Crippen MR) is 14.0 cm³/mol. The van der Waals surface area contributed by atoms with Crippen LogP contribution in [0.5, 0.6) is 0 Å². The van der Waals surface area contributed by atoms with Crippen LogP contribution < -0.4 is 29.6 Å². The molecule has 0 atom stereocenters. The van der Waals surface area contributed by atoms with Crippen LogP contribution in [0, 0.1) is 0 Å². The summed E-state index contributed by atoms with van der Waals surface area (Å²) in [6.45, 7) is 0. The van der Waals surface area contributed by atoms with Crippen molar-refractivity contribution >= 4 is 0 Å². The van der Waals surface area contributed by atoms with E-state index in [1.54, 1.807) is 14.2 Å². The summed E-state index contributed by atoms with van der Waals surface area (Å²) in [5.74, 6) is 0. The van der Waals surface area contributed by atoms with Gasteiger partial charge < -0.3 is 6.16 Å². The first kappa shape index (κ1) is 8.88. The van der Waals surface area contributed by atoms with E-state index < -0.39 is 0 Å². The van der Waals surface area contributed by atoms with Gasteiger partial charge in [0.05, 0.1) is 0 Å². The van der Waals surface area contributed by atoms with E-state index >= 15 is 0 Å². The molecular formula is C2H7NaO. The van der Waals surface area contributed by atoms with Crippen molar-refractivity contribution in [3.63, 3.8) is 0 Å². The number of methoxy groups -OCH3 is 1. The van der Waals surface area contributed by atoms with Crippen LogP contribution in [-0.4, -0.2) is 14.2 Å². The zero-order chi connectivity index (χ0) is 2.71. The third-order valence-electron chi connectivity index (χ3n) is 0. The molecule has 0 heterocycles. The fourth-order valence-corrected chi connectivity index (χ4v) is 0. The van der Waals surface area contributed by atoms with Crippen LogP contribution >= 0.6 is 0 Å². The molecular weight excluding hydrogens is 63.0 g/mol. The Morgan fingerprint density at radius 3 is 1.50 bits per heavy atom. The maximum absolute atomic E-state index is 4.25. The summed E-state index contributed by atoms with van der Waals surface area (Å²) in [4.78, 5) is 0. The third-order valence-corrected chi connectivity index (χ3v) is 0. The summed E-state index contributed by atoms with van der Waals surface area (Å²) in [6.07, 6.45) is 0. The minimum Gasteiger partial charge on any atom is -1.00 e. The molecule has 0 bridgehead atoms. The van der Waals surface area contributed by atoms with Gasteiger partial charge in [-0.3, -0.25) is 0 Å². The van der Waals surface area contributed by atoms with Crippen molar-refractivity contribution in [3.05, 3.63) is 0 Å². The molecule has 0 aliphatic carbocycles. The zero-order valence-electron chi connectivity index (χ0n) is 4.41. The van der Waals surface area contributed by atoms with Crippen molar-refractivity contribution in [1.82, 2.24) is 0 Å². The van der Waals surface area contributed by atoms with E-state index in [9.17, 15) is 0 Å². The molecule has 0 aromatic carbocycles. The number of hydrogen-bond acceptors (Lipinski definition) is 1. The monoisotopic (exact) mass is 70.0 g/mol. The first-order valence-corrected chi connectivity index (χ1v) is 0.816. The Hall–Kier alpha value is 0.960. The smallest absolute Gasteiger partial charge is 1.00 e. The summed E-state index contributed by atoms with van der Waals surface area (Å²) in [5, 5.41) is 0. The molecule has 0 rings (SSSR count). The van der Waals surface area contributed by atoms with E-state index in [0.717, 1.165) is 0 Å². The summed E-state index contributed by atoms with van der Waals surface area (Å²) < 4.78 is 4.25. The first-order valence-electron chi connectivity index (χ1n) is 0.816. The SMILES string of the molecule is COC.[H-].[Na+]. The van der Waals surface area contributed by atoms with Crippen molar-refractivity contribution in [2.45, 2.75) is 0 Å². The molecule has 0 unspecified atom stereocenters. The molecule has 0 aliphatic rings. The van der Waals surface area contributed by atoms with E-state index in [1.807, 2.05) is 0 Å². The van der Waals surface area contributed by atoms with E-state index in [0.29, 0.717) is 0 Å². The molecule has 0 N–H and O–H groups in total. The minimum atomic E-state index is 0. The van der Waals surface area contributed by atoms with Crippen molar-refractivity contribution in [3.8, 4) is 0 Å². The van der Waals surface area contributed by atoms with Gasteiger partial charge in [0.1, 0.15) is 0 Å². The predicted octanol–water partition coefficient (Wildman–Crippen LogP) is -2.62. The van der Waals surface area contributed by atoms with Crippen LogP contribution in [0.2, 0.25) is 0 Å². The molecule has 0 amide bonds. The van der Waals surface area contributed by atoms with E-state index in [1.165, 1.54) is 0 Å². The summed E-state index contributed by atoms with van der Waals surface area (Å²) in [5.41, 5.74) is 0. The van der Waals surface area contributed by atoms with Gasteiger partial charge in [-0.15, -0.1) is 0 Å². The Bertz CT molecular complexity index is 9.61. The summed E-state index contributed by atoms with van der Waals surface area (Å²) in [7, 11) is 3.25. The van der Waals surface area contributed by atoms with E-state index in [-0.39, 0.29) is 31.0 Å². The van der Waals surface area contributed by atoms with Gasteiger partial charge in [0.2, 0.25) is 0 Å². The quantitative estimate of drug-likeness (QED) is 0.283. The van der Waals surface area contributed by atoms with Gasteiger partial charge in [-0.05, 0) is 0 Å². The van der Waals surface area contributed by atoms with Crippen LogP contribution in [0.1, 0.15) is 1.43 Å². The van der Waals surface area contributed by atoms with Gasteiger partial charge in [-0.25, -0.2) is 0 Å². The molecule has 1 nitrogen and oxygen atoms in total. The molecule has 0 aromatic rings. The zero-order valence-corrected chi connectivity index (χ0v) is 5.41. The second-order valence-electron chi connectivity index (χ2n) is 0.408. The van der Waals surface area contributed by atoms with Crippen LogP contribution in [0.3, 0.4) is 0 Å². The fraction of sp³-hybridized carbons (Fsp3) is 1.00. The molecule has 2 heteroatoms. The summed E-state index contributed by atoms with van der Waals surface area (Å²) in [6, 6.07) is 0. The van der Waals surface area contributed by atoms with Crippen molar-refractivity contribution in [2.24, 2.45) is 0 Å². The Labute approximate surface area is 50.1 Å². The second kappa shape index (κ2) is 9.03.